The Morgan fingerprint density at radius 1 is 1.16 bits per heavy atom. The van der Waals surface area contributed by atoms with E-state index in [-0.39, 0.29) is 48.8 Å². The average Bonchev–Trinajstić information content (AvgIpc) is 3.35. The quantitative estimate of drug-likeness (QED) is 0.265. The molecule has 1 saturated carbocycles. The Hall–Kier alpha value is -3.07. The highest BCUT2D eigenvalue weighted by atomic mass is 35.5. The van der Waals surface area contributed by atoms with Gasteiger partial charge in [-0.15, -0.1) is 0 Å². The van der Waals surface area contributed by atoms with Crippen molar-refractivity contribution in [2.75, 3.05) is 0 Å². The molecule has 38 heavy (non-hydrogen) atoms. The SMILES string of the molecule is Cc1ccc(CC(=O)CC(CCC(=O)O)c2noc(-c3cc(C(F)(F)C(C)(C)C)on3)c2C2CC2)c(Cl)c1. The molecule has 1 N–H and O–H groups in total. The number of hydrogen-bond acceptors (Lipinski definition) is 6. The molecule has 0 amide bonds. The molecule has 3 aromatic rings. The second-order valence-corrected chi connectivity index (χ2v) is 11.5. The van der Waals surface area contributed by atoms with Crippen molar-refractivity contribution in [3.63, 3.8) is 0 Å². The number of Topliss-reactive ketones (excluding diaryl/α,β-unsaturated/α-hetero) is 1. The van der Waals surface area contributed by atoms with Crippen LogP contribution in [0, 0.1) is 12.3 Å². The fraction of sp³-hybridized carbons (Fsp3) is 0.500. The van der Waals surface area contributed by atoms with Crippen LogP contribution < -0.4 is 0 Å². The zero-order chi connectivity index (χ0) is 27.8. The molecule has 7 nitrogen and oxygen atoms in total. The second kappa shape index (κ2) is 10.6. The van der Waals surface area contributed by atoms with E-state index < -0.39 is 29.0 Å². The highest BCUT2D eigenvalue weighted by Crippen LogP contribution is 2.50. The molecule has 204 valence electrons. The van der Waals surface area contributed by atoms with Crippen LogP contribution in [0.25, 0.3) is 11.5 Å². The molecule has 1 aliphatic carbocycles. The van der Waals surface area contributed by atoms with Crippen LogP contribution in [0.15, 0.2) is 33.3 Å². The number of alkyl halides is 2. The Morgan fingerprint density at radius 2 is 1.87 bits per heavy atom. The van der Waals surface area contributed by atoms with Crippen molar-refractivity contribution in [1.29, 1.82) is 0 Å². The van der Waals surface area contributed by atoms with Gasteiger partial charge in [-0.25, -0.2) is 0 Å². The largest absolute Gasteiger partial charge is 0.481 e. The van der Waals surface area contributed by atoms with Gasteiger partial charge in [0.1, 0.15) is 5.78 Å². The molecule has 0 saturated heterocycles. The molecular weight excluding hydrogens is 518 g/mol. The van der Waals surface area contributed by atoms with Crippen LogP contribution in [0.1, 0.15) is 92.9 Å². The molecule has 1 aromatic carbocycles. The van der Waals surface area contributed by atoms with Gasteiger partial charge in [0.25, 0.3) is 0 Å². The number of hydrogen-bond donors (Lipinski definition) is 1. The second-order valence-electron chi connectivity index (χ2n) is 11.1. The van der Waals surface area contributed by atoms with Crippen molar-refractivity contribution in [3.8, 4) is 11.5 Å². The van der Waals surface area contributed by atoms with Crippen LogP contribution in [0.5, 0.6) is 0 Å². The minimum absolute atomic E-state index is 0.0370. The molecule has 4 rings (SSSR count). The summed E-state index contributed by atoms with van der Waals surface area (Å²) < 4.78 is 40.4. The number of aryl methyl sites for hydroxylation is 1. The Morgan fingerprint density at radius 3 is 2.47 bits per heavy atom. The number of carbonyl (C=O) groups excluding carboxylic acids is 1. The van der Waals surface area contributed by atoms with E-state index >= 15 is 0 Å². The fourth-order valence-corrected chi connectivity index (χ4v) is 4.75. The summed E-state index contributed by atoms with van der Waals surface area (Å²) in [5, 5.41) is 17.9. The first kappa shape index (κ1) is 28.0. The van der Waals surface area contributed by atoms with Gasteiger partial charge in [0.15, 0.2) is 11.5 Å². The molecule has 2 aromatic heterocycles. The lowest BCUT2D eigenvalue weighted by atomic mass is 9.86. The number of rotatable bonds is 11. The monoisotopic (exact) mass is 548 g/mol. The van der Waals surface area contributed by atoms with Gasteiger partial charge in [-0.05, 0) is 49.3 Å². The smallest absolute Gasteiger partial charge is 0.312 e. The summed E-state index contributed by atoms with van der Waals surface area (Å²) in [5.74, 6) is -5.21. The van der Waals surface area contributed by atoms with Crippen molar-refractivity contribution in [2.45, 2.75) is 84.0 Å². The molecule has 0 aliphatic heterocycles. The number of carbonyl (C=O) groups is 2. The molecule has 0 spiro atoms. The van der Waals surface area contributed by atoms with Gasteiger partial charge < -0.3 is 14.2 Å². The lowest BCUT2D eigenvalue weighted by Crippen LogP contribution is -2.30. The first-order chi connectivity index (χ1) is 17.8. The zero-order valence-electron chi connectivity index (χ0n) is 21.8. The summed E-state index contributed by atoms with van der Waals surface area (Å²) in [6, 6.07) is 6.64. The predicted octanol–water partition coefficient (Wildman–Crippen LogP) is 7.46. The van der Waals surface area contributed by atoms with Crippen LogP contribution in [-0.2, 0) is 21.9 Å². The van der Waals surface area contributed by atoms with Crippen molar-refractivity contribution >= 4 is 23.4 Å². The van der Waals surface area contributed by atoms with Gasteiger partial charge in [-0.1, -0.05) is 54.8 Å². The van der Waals surface area contributed by atoms with Gasteiger partial charge >= 0.3 is 11.9 Å². The number of aliphatic carboxylic acids is 1. The summed E-state index contributed by atoms with van der Waals surface area (Å²) in [5.41, 5.74) is 1.53. The van der Waals surface area contributed by atoms with E-state index in [1.807, 2.05) is 13.0 Å². The molecule has 0 radical (unpaired) electrons. The number of aromatic nitrogens is 2. The van der Waals surface area contributed by atoms with Gasteiger partial charge in [0.05, 0.1) is 5.69 Å². The molecule has 1 unspecified atom stereocenters. The summed E-state index contributed by atoms with van der Waals surface area (Å²) in [7, 11) is 0. The Labute approximate surface area is 224 Å². The molecular formula is C28H31ClF2N2O5. The van der Waals surface area contributed by atoms with E-state index in [1.165, 1.54) is 20.8 Å². The fourth-order valence-electron chi connectivity index (χ4n) is 4.44. The Bertz CT molecular complexity index is 1340. The summed E-state index contributed by atoms with van der Waals surface area (Å²) in [6.07, 6.45) is 1.81. The topological polar surface area (TPSA) is 106 Å². The zero-order valence-corrected chi connectivity index (χ0v) is 22.6. The number of halogens is 3. The van der Waals surface area contributed by atoms with Crippen molar-refractivity contribution in [3.05, 3.63) is 57.4 Å². The minimum atomic E-state index is -3.27. The lowest BCUT2D eigenvalue weighted by Gasteiger charge is -2.27. The normalized spacial score (nSPS) is 15.0. The average molecular weight is 549 g/mol. The van der Waals surface area contributed by atoms with Crippen LogP contribution in [0.3, 0.4) is 0 Å². The van der Waals surface area contributed by atoms with Crippen LogP contribution in [-0.4, -0.2) is 27.2 Å². The number of ketones is 1. The first-order valence-corrected chi connectivity index (χ1v) is 13.0. The predicted molar refractivity (Wildman–Crippen MR) is 136 cm³/mol. The van der Waals surface area contributed by atoms with Gasteiger partial charge in [0.2, 0.25) is 5.76 Å². The number of carboxylic acid groups (broad SMARTS) is 1. The van der Waals surface area contributed by atoms with Crippen molar-refractivity contribution in [2.24, 2.45) is 5.41 Å². The first-order valence-electron chi connectivity index (χ1n) is 12.6. The summed E-state index contributed by atoms with van der Waals surface area (Å²) >= 11 is 6.31. The molecule has 1 fully saturated rings. The van der Waals surface area contributed by atoms with E-state index in [2.05, 4.69) is 10.3 Å². The molecule has 2 heterocycles. The summed E-state index contributed by atoms with van der Waals surface area (Å²) in [6.45, 7) is 6.13. The van der Waals surface area contributed by atoms with E-state index in [1.54, 1.807) is 12.1 Å². The van der Waals surface area contributed by atoms with E-state index in [4.69, 9.17) is 20.6 Å². The van der Waals surface area contributed by atoms with Crippen molar-refractivity contribution in [1.82, 2.24) is 10.3 Å². The van der Waals surface area contributed by atoms with Crippen molar-refractivity contribution < 1.29 is 32.5 Å². The van der Waals surface area contributed by atoms with Gasteiger partial charge in [-0.2, -0.15) is 8.78 Å². The molecule has 10 heteroatoms. The summed E-state index contributed by atoms with van der Waals surface area (Å²) in [4.78, 5) is 24.5. The Balaban J connectivity index is 1.64. The van der Waals surface area contributed by atoms with Gasteiger partial charge in [-0.3, -0.25) is 9.59 Å². The Kier molecular flexibility index (Phi) is 7.79. The van der Waals surface area contributed by atoms with E-state index in [0.717, 1.165) is 24.5 Å². The lowest BCUT2D eigenvalue weighted by molar-refractivity contribution is -0.137. The van der Waals surface area contributed by atoms with E-state index in [0.29, 0.717) is 21.8 Å². The maximum absolute atomic E-state index is 14.9. The maximum atomic E-state index is 14.9. The third-order valence-corrected chi connectivity index (χ3v) is 7.25. The molecule has 1 atom stereocenters. The van der Waals surface area contributed by atoms with Crippen LogP contribution in [0.4, 0.5) is 8.78 Å². The van der Waals surface area contributed by atoms with E-state index in [9.17, 15) is 23.5 Å². The van der Waals surface area contributed by atoms with Gasteiger partial charge in [0, 0.05) is 47.2 Å². The number of nitrogens with zero attached hydrogens (tertiary/aromatic N) is 2. The number of carboxylic acids is 1. The standard InChI is InChI=1S/C28H31ClF2N2O5/c1-15-5-6-17(20(29)11-15)12-19(34)13-18(9-10-23(35)36)25-24(16-7-8-16)26(38-33-25)21-14-22(37-32-21)28(30,31)27(2,3)4/h5-6,11,14,16,18H,7-10,12-13H2,1-4H3,(H,35,36). The highest BCUT2D eigenvalue weighted by molar-refractivity contribution is 6.31. The minimum Gasteiger partial charge on any atom is -0.481 e. The third-order valence-electron chi connectivity index (χ3n) is 6.90. The number of benzene rings is 1. The van der Waals surface area contributed by atoms with Crippen LogP contribution >= 0.6 is 11.6 Å². The highest BCUT2D eigenvalue weighted by Gasteiger charge is 2.49. The molecule has 0 bridgehead atoms. The third kappa shape index (κ3) is 5.98. The maximum Gasteiger partial charge on any atom is 0.312 e. The molecule has 1 aliphatic rings. The van der Waals surface area contributed by atoms with Crippen LogP contribution in [0.2, 0.25) is 5.02 Å².